The molecule has 0 radical (unpaired) electrons. The lowest BCUT2D eigenvalue weighted by Crippen LogP contribution is -2.19. The molecule has 1 aliphatic rings. The van der Waals surface area contributed by atoms with Crippen LogP contribution in [0.4, 0.5) is 0 Å². The molecule has 2 rings (SSSR count). The molecule has 4 heteroatoms. The second-order valence-corrected chi connectivity index (χ2v) is 3.88. The summed E-state index contributed by atoms with van der Waals surface area (Å²) < 4.78 is 10.8. The van der Waals surface area contributed by atoms with Gasteiger partial charge in [-0.1, -0.05) is 0 Å². The average Bonchev–Trinajstić information content (AvgIpc) is 2.68. The van der Waals surface area contributed by atoms with E-state index in [0.717, 1.165) is 38.2 Å². The van der Waals surface area contributed by atoms with Crippen molar-refractivity contribution in [2.45, 2.75) is 25.7 Å². The minimum atomic E-state index is 0.314. The van der Waals surface area contributed by atoms with Crippen molar-refractivity contribution >= 4 is 6.29 Å². The fourth-order valence-electron chi connectivity index (χ4n) is 1.83. The van der Waals surface area contributed by atoms with Gasteiger partial charge in [-0.25, -0.2) is 4.98 Å². The summed E-state index contributed by atoms with van der Waals surface area (Å²) in [6, 6.07) is 0. The summed E-state index contributed by atoms with van der Waals surface area (Å²) in [6.45, 7) is 1.67. The zero-order valence-electron chi connectivity index (χ0n) is 8.65. The second kappa shape index (κ2) is 5.07. The first kappa shape index (κ1) is 10.4. The largest absolute Gasteiger partial charge is 0.445 e. The molecule has 4 nitrogen and oxygen atoms in total. The lowest BCUT2D eigenvalue weighted by Gasteiger charge is -2.20. The smallest absolute Gasteiger partial charge is 0.194 e. The third-order valence-corrected chi connectivity index (χ3v) is 2.60. The Kier molecular flexibility index (Phi) is 3.50. The Hall–Kier alpha value is -1.16. The highest BCUT2D eigenvalue weighted by Gasteiger charge is 2.16. The molecule has 1 aromatic rings. The van der Waals surface area contributed by atoms with Crippen LogP contribution in [-0.2, 0) is 22.4 Å². The van der Waals surface area contributed by atoms with Crippen LogP contribution in [0, 0.1) is 5.92 Å². The number of hydrogen-bond donors (Lipinski definition) is 0. The molecule has 1 saturated heterocycles. The lowest BCUT2D eigenvalue weighted by molar-refractivity contribution is -0.107. The van der Waals surface area contributed by atoms with E-state index in [0.29, 0.717) is 18.1 Å². The topological polar surface area (TPSA) is 52.3 Å². The molecule has 0 amide bonds. The van der Waals surface area contributed by atoms with Crippen molar-refractivity contribution in [1.82, 2.24) is 4.98 Å². The van der Waals surface area contributed by atoms with Crippen LogP contribution >= 0.6 is 0 Å². The van der Waals surface area contributed by atoms with Gasteiger partial charge in [-0.3, -0.25) is 0 Å². The zero-order chi connectivity index (χ0) is 10.5. The third kappa shape index (κ3) is 2.89. The van der Waals surface area contributed by atoms with Gasteiger partial charge in [0.05, 0.1) is 12.6 Å². The van der Waals surface area contributed by atoms with Crippen molar-refractivity contribution in [1.29, 1.82) is 0 Å². The zero-order valence-corrected chi connectivity index (χ0v) is 8.65. The molecule has 1 aromatic heterocycles. The monoisotopic (exact) mass is 209 g/mol. The Morgan fingerprint density at radius 1 is 1.60 bits per heavy atom. The van der Waals surface area contributed by atoms with Gasteiger partial charge in [-0.15, -0.1) is 0 Å². The maximum atomic E-state index is 10.3. The quantitative estimate of drug-likeness (QED) is 0.703. The van der Waals surface area contributed by atoms with Crippen molar-refractivity contribution in [2.24, 2.45) is 5.92 Å². The number of aldehydes is 1. The summed E-state index contributed by atoms with van der Waals surface area (Å²) in [5.74, 6) is 1.89. The van der Waals surface area contributed by atoms with Gasteiger partial charge in [0.25, 0.3) is 0 Å². The Bertz CT molecular complexity index is 315. The summed E-state index contributed by atoms with van der Waals surface area (Å²) >= 11 is 0. The maximum Gasteiger partial charge on any atom is 0.194 e. The summed E-state index contributed by atoms with van der Waals surface area (Å²) in [5, 5.41) is 0. The first-order valence-corrected chi connectivity index (χ1v) is 5.33. The van der Waals surface area contributed by atoms with E-state index < -0.39 is 0 Å². The van der Waals surface area contributed by atoms with Gasteiger partial charge in [0.2, 0.25) is 0 Å². The molecule has 82 valence electrons. The van der Waals surface area contributed by atoms with E-state index in [-0.39, 0.29) is 0 Å². The van der Waals surface area contributed by atoms with Gasteiger partial charge in [0.15, 0.2) is 5.89 Å². The van der Waals surface area contributed by atoms with Crippen LogP contribution in [-0.4, -0.2) is 24.5 Å². The SMILES string of the molecule is O=CCc1cnc(CC2CCCOC2)o1. The molecule has 0 spiro atoms. The molecule has 0 aliphatic carbocycles. The highest BCUT2D eigenvalue weighted by Crippen LogP contribution is 2.18. The predicted octanol–water partition coefficient (Wildman–Crippen LogP) is 1.39. The number of nitrogens with zero attached hydrogens (tertiary/aromatic N) is 1. The van der Waals surface area contributed by atoms with Crippen LogP contribution in [0.15, 0.2) is 10.6 Å². The number of ether oxygens (including phenoxy) is 1. The molecule has 1 fully saturated rings. The van der Waals surface area contributed by atoms with Crippen molar-refractivity contribution in [3.05, 3.63) is 17.8 Å². The van der Waals surface area contributed by atoms with Crippen LogP contribution < -0.4 is 0 Å². The van der Waals surface area contributed by atoms with Crippen molar-refractivity contribution in [3.8, 4) is 0 Å². The maximum absolute atomic E-state index is 10.3. The van der Waals surface area contributed by atoms with E-state index in [1.165, 1.54) is 6.42 Å². The van der Waals surface area contributed by atoms with Crippen LogP contribution in [0.5, 0.6) is 0 Å². The van der Waals surface area contributed by atoms with Crippen LogP contribution in [0.3, 0.4) is 0 Å². The van der Waals surface area contributed by atoms with Crippen LogP contribution in [0.1, 0.15) is 24.5 Å². The Morgan fingerprint density at radius 2 is 2.53 bits per heavy atom. The number of rotatable bonds is 4. The molecule has 1 aliphatic heterocycles. The normalized spacial score (nSPS) is 21.5. The minimum absolute atomic E-state index is 0.314. The number of oxazole rings is 1. The summed E-state index contributed by atoms with van der Waals surface area (Å²) in [4.78, 5) is 14.4. The van der Waals surface area contributed by atoms with Gasteiger partial charge >= 0.3 is 0 Å². The van der Waals surface area contributed by atoms with Crippen LogP contribution in [0.2, 0.25) is 0 Å². The number of carbonyl (C=O) groups is 1. The third-order valence-electron chi connectivity index (χ3n) is 2.60. The van der Waals surface area contributed by atoms with E-state index in [2.05, 4.69) is 4.98 Å². The van der Waals surface area contributed by atoms with E-state index in [4.69, 9.17) is 9.15 Å². The first-order chi connectivity index (χ1) is 7.38. The molecule has 2 heterocycles. The fraction of sp³-hybridized carbons (Fsp3) is 0.636. The summed E-state index contributed by atoms with van der Waals surface area (Å²) in [5.41, 5.74) is 0. The molecule has 15 heavy (non-hydrogen) atoms. The molecular formula is C11H15NO3. The Labute approximate surface area is 88.6 Å². The van der Waals surface area contributed by atoms with Gasteiger partial charge < -0.3 is 13.9 Å². The Morgan fingerprint density at radius 3 is 3.27 bits per heavy atom. The lowest BCUT2D eigenvalue weighted by atomic mass is 9.99. The molecule has 1 atom stereocenters. The van der Waals surface area contributed by atoms with Gasteiger partial charge in [-0.05, 0) is 18.8 Å². The van der Waals surface area contributed by atoms with Gasteiger partial charge in [0, 0.05) is 19.6 Å². The fourth-order valence-corrected chi connectivity index (χ4v) is 1.83. The van der Waals surface area contributed by atoms with Crippen molar-refractivity contribution < 1.29 is 13.9 Å². The first-order valence-electron chi connectivity index (χ1n) is 5.33. The molecule has 0 aromatic carbocycles. The van der Waals surface area contributed by atoms with E-state index in [1.54, 1.807) is 6.20 Å². The molecule has 0 N–H and O–H groups in total. The van der Waals surface area contributed by atoms with Gasteiger partial charge in [0.1, 0.15) is 12.0 Å². The van der Waals surface area contributed by atoms with Crippen molar-refractivity contribution in [2.75, 3.05) is 13.2 Å². The highest BCUT2D eigenvalue weighted by atomic mass is 16.5. The number of carbonyl (C=O) groups excluding carboxylic acids is 1. The second-order valence-electron chi connectivity index (χ2n) is 3.88. The number of aromatic nitrogens is 1. The summed E-state index contributed by atoms with van der Waals surface area (Å²) in [7, 11) is 0. The molecule has 0 saturated carbocycles. The Balaban J connectivity index is 1.88. The van der Waals surface area contributed by atoms with E-state index >= 15 is 0 Å². The van der Waals surface area contributed by atoms with Crippen LogP contribution in [0.25, 0.3) is 0 Å². The minimum Gasteiger partial charge on any atom is -0.445 e. The van der Waals surface area contributed by atoms with Crippen molar-refractivity contribution in [3.63, 3.8) is 0 Å². The van der Waals surface area contributed by atoms with Gasteiger partial charge in [-0.2, -0.15) is 0 Å². The predicted molar refractivity (Wildman–Crippen MR) is 53.5 cm³/mol. The standard InChI is InChI=1S/C11H15NO3/c13-4-3-10-7-12-11(15-10)6-9-2-1-5-14-8-9/h4,7,9H,1-3,5-6,8H2. The number of hydrogen-bond acceptors (Lipinski definition) is 4. The summed E-state index contributed by atoms with van der Waals surface area (Å²) in [6.07, 6.45) is 5.88. The van der Waals surface area contributed by atoms with E-state index in [1.807, 2.05) is 0 Å². The molecular weight excluding hydrogens is 194 g/mol. The molecule has 1 unspecified atom stereocenters. The average molecular weight is 209 g/mol. The van der Waals surface area contributed by atoms with E-state index in [9.17, 15) is 4.79 Å². The highest BCUT2D eigenvalue weighted by molar-refractivity contribution is 5.52. The molecule has 0 bridgehead atoms.